The van der Waals surface area contributed by atoms with E-state index < -0.39 is 0 Å². The van der Waals surface area contributed by atoms with Gasteiger partial charge < -0.3 is 4.57 Å². The van der Waals surface area contributed by atoms with Crippen LogP contribution in [0.5, 0.6) is 0 Å². The number of benzene rings is 1. The predicted octanol–water partition coefficient (Wildman–Crippen LogP) is 4.03. The minimum absolute atomic E-state index is 0.908. The molecule has 0 saturated heterocycles. The van der Waals surface area contributed by atoms with Crippen molar-refractivity contribution in [2.45, 2.75) is 32.0 Å². The Labute approximate surface area is 111 Å². The molecular formula is C14H17BrN2. The van der Waals surface area contributed by atoms with E-state index in [4.69, 9.17) is 0 Å². The minimum atomic E-state index is 0.908. The Hall–Kier alpha value is -1.09. The molecule has 2 aromatic rings. The SMILES string of the molecule is CCCc1nccn1-c1ccc(CBr)c(C)c1. The lowest BCUT2D eigenvalue weighted by Gasteiger charge is -2.10. The van der Waals surface area contributed by atoms with Crippen molar-refractivity contribution in [1.82, 2.24) is 9.55 Å². The Bertz CT molecular complexity index is 503. The van der Waals surface area contributed by atoms with Crippen molar-refractivity contribution in [3.05, 3.63) is 47.5 Å². The number of halogens is 1. The maximum absolute atomic E-state index is 4.41. The molecule has 2 rings (SSSR count). The van der Waals surface area contributed by atoms with Crippen LogP contribution in [-0.4, -0.2) is 9.55 Å². The fraction of sp³-hybridized carbons (Fsp3) is 0.357. The van der Waals surface area contributed by atoms with Gasteiger partial charge in [-0.25, -0.2) is 4.98 Å². The molecule has 0 fully saturated rings. The van der Waals surface area contributed by atoms with E-state index in [-0.39, 0.29) is 0 Å². The summed E-state index contributed by atoms with van der Waals surface area (Å²) in [5.74, 6) is 1.14. The van der Waals surface area contributed by atoms with Gasteiger partial charge in [0.2, 0.25) is 0 Å². The summed E-state index contributed by atoms with van der Waals surface area (Å²) in [6, 6.07) is 6.55. The van der Waals surface area contributed by atoms with Crippen LogP contribution in [0, 0.1) is 6.92 Å². The number of aromatic nitrogens is 2. The quantitative estimate of drug-likeness (QED) is 0.778. The lowest BCUT2D eigenvalue weighted by atomic mass is 10.1. The molecule has 17 heavy (non-hydrogen) atoms. The van der Waals surface area contributed by atoms with Gasteiger partial charge in [0.1, 0.15) is 5.82 Å². The Morgan fingerprint density at radius 1 is 1.35 bits per heavy atom. The summed E-state index contributed by atoms with van der Waals surface area (Å²) in [6.07, 6.45) is 6.05. The number of rotatable bonds is 4. The molecule has 0 aliphatic rings. The van der Waals surface area contributed by atoms with Crippen molar-refractivity contribution in [3.8, 4) is 5.69 Å². The third-order valence-electron chi connectivity index (χ3n) is 2.94. The molecule has 1 aromatic heterocycles. The Morgan fingerprint density at radius 3 is 2.82 bits per heavy atom. The molecule has 90 valence electrons. The first-order valence-corrected chi connectivity index (χ1v) is 7.06. The van der Waals surface area contributed by atoms with E-state index in [0.717, 1.165) is 24.0 Å². The molecule has 0 spiro atoms. The zero-order valence-corrected chi connectivity index (χ0v) is 11.9. The highest BCUT2D eigenvalue weighted by molar-refractivity contribution is 9.08. The van der Waals surface area contributed by atoms with E-state index in [1.807, 2.05) is 12.4 Å². The summed E-state index contributed by atoms with van der Waals surface area (Å²) in [6.45, 7) is 4.33. The average molecular weight is 293 g/mol. The second-order valence-corrected chi connectivity index (χ2v) is 4.77. The zero-order chi connectivity index (χ0) is 12.3. The maximum atomic E-state index is 4.41. The number of aryl methyl sites for hydroxylation is 2. The van der Waals surface area contributed by atoms with Crippen molar-refractivity contribution >= 4 is 15.9 Å². The van der Waals surface area contributed by atoms with Crippen LogP contribution in [0.25, 0.3) is 5.69 Å². The first-order chi connectivity index (χ1) is 8.26. The molecule has 0 aliphatic heterocycles. The van der Waals surface area contributed by atoms with Crippen LogP contribution in [0.15, 0.2) is 30.6 Å². The Balaban J connectivity index is 2.39. The van der Waals surface area contributed by atoms with Gasteiger partial charge in [-0.05, 0) is 36.6 Å². The fourth-order valence-corrected chi connectivity index (χ4v) is 2.59. The van der Waals surface area contributed by atoms with Crippen LogP contribution >= 0.6 is 15.9 Å². The molecule has 0 bridgehead atoms. The highest BCUT2D eigenvalue weighted by Crippen LogP contribution is 2.18. The van der Waals surface area contributed by atoms with Gasteiger partial charge >= 0.3 is 0 Å². The van der Waals surface area contributed by atoms with Crippen LogP contribution < -0.4 is 0 Å². The molecule has 3 heteroatoms. The van der Waals surface area contributed by atoms with Gasteiger partial charge in [0.15, 0.2) is 0 Å². The van der Waals surface area contributed by atoms with Crippen molar-refractivity contribution in [3.63, 3.8) is 0 Å². The van der Waals surface area contributed by atoms with Gasteiger partial charge in [0.05, 0.1) is 0 Å². The molecule has 0 amide bonds. The summed E-state index contributed by atoms with van der Waals surface area (Å²) in [7, 11) is 0. The van der Waals surface area contributed by atoms with Gasteiger partial charge in [-0.2, -0.15) is 0 Å². The van der Waals surface area contributed by atoms with Crippen LogP contribution in [0.4, 0.5) is 0 Å². The molecule has 2 nitrogen and oxygen atoms in total. The normalized spacial score (nSPS) is 10.8. The van der Waals surface area contributed by atoms with Crippen LogP contribution in [0.2, 0.25) is 0 Å². The molecule has 0 aliphatic carbocycles. The molecule has 0 unspecified atom stereocenters. The maximum Gasteiger partial charge on any atom is 0.113 e. The molecule has 0 radical (unpaired) electrons. The largest absolute Gasteiger partial charge is 0.304 e. The zero-order valence-electron chi connectivity index (χ0n) is 10.3. The van der Waals surface area contributed by atoms with Crippen molar-refractivity contribution in [1.29, 1.82) is 0 Å². The lowest BCUT2D eigenvalue weighted by molar-refractivity contribution is 0.808. The standard InChI is InChI=1S/C14H17BrN2/c1-3-4-14-16-7-8-17(14)13-6-5-12(10-15)11(2)9-13/h5-9H,3-4,10H2,1-2H3. The summed E-state index contributed by atoms with van der Waals surface area (Å²) in [4.78, 5) is 4.41. The van der Waals surface area contributed by atoms with E-state index >= 15 is 0 Å². The Kier molecular flexibility index (Phi) is 4.00. The summed E-state index contributed by atoms with van der Waals surface area (Å²) in [5.41, 5.74) is 3.86. The third-order valence-corrected chi connectivity index (χ3v) is 3.54. The summed E-state index contributed by atoms with van der Waals surface area (Å²) >= 11 is 3.50. The topological polar surface area (TPSA) is 17.8 Å². The summed E-state index contributed by atoms with van der Waals surface area (Å²) < 4.78 is 2.18. The van der Waals surface area contributed by atoms with Crippen LogP contribution in [0.1, 0.15) is 30.3 Å². The number of hydrogen-bond donors (Lipinski definition) is 0. The monoisotopic (exact) mass is 292 g/mol. The first-order valence-electron chi connectivity index (χ1n) is 5.94. The number of imidazole rings is 1. The van der Waals surface area contributed by atoms with Gasteiger partial charge in [-0.15, -0.1) is 0 Å². The van der Waals surface area contributed by atoms with Gasteiger partial charge in [0.25, 0.3) is 0 Å². The van der Waals surface area contributed by atoms with Crippen molar-refractivity contribution in [2.75, 3.05) is 0 Å². The molecule has 0 atom stereocenters. The second-order valence-electron chi connectivity index (χ2n) is 4.21. The second kappa shape index (κ2) is 5.50. The van der Waals surface area contributed by atoms with Crippen LogP contribution in [-0.2, 0) is 11.8 Å². The average Bonchev–Trinajstić information content (AvgIpc) is 2.78. The fourth-order valence-electron chi connectivity index (χ4n) is 1.96. The van der Waals surface area contributed by atoms with E-state index in [1.54, 1.807) is 0 Å². The third kappa shape index (κ3) is 2.60. The van der Waals surface area contributed by atoms with E-state index in [9.17, 15) is 0 Å². The first kappa shape index (κ1) is 12.4. The smallest absolute Gasteiger partial charge is 0.113 e. The lowest BCUT2D eigenvalue weighted by Crippen LogP contribution is -2.01. The van der Waals surface area contributed by atoms with Gasteiger partial charge in [-0.1, -0.05) is 28.9 Å². The molecule has 1 aromatic carbocycles. The molecule has 0 saturated carbocycles. The number of hydrogen-bond acceptors (Lipinski definition) is 1. The highest BCUT2D eigenvalue weighted by Gasteiger charge is 2.05. The van der Waals surface area contributed by atoms with Gasteiger partial charge in [0, 0.05) is 29.8 Å². The number of nitrogens with zero attached hydrogens (tertiary/aromatic N) is 2. The molecule has 1 heterocycles. The van der Waals surface area contributed by atoms with Crippen molar-refractivity contribution < 1.29 is 0 Å². The van der Waals surface area contributed by atoms with E-state index in [1.165, 1.54) is 16.8 Å². The highest BCUT2D eigenvalue weighted by atomic mass is 79.9. The van der Waals surface area contributed by atoms with E-state index in [2.05, 4.69) is 57.5 Å². The Morgan fingerprint density at radius 2 is 2.18 bits per heavy atom. The molecule has 0 N–H and O–H groups in total. The van der Waals surface area contributed by atoms with Gasteiger partial charge in [-0.3, -0.25) is 0 Å². The van der Waals surface area contributed by atoms with E-state index in [0.29, 0.717) is 0 Å². The molecular weight excluding hydrogens is 276 g/mol. The number of alkyl halides is 1. The van der Waals surface area contributed by atoms with Crippen molar-refractivity contribution in [2.24, 2.45) is 0 Å². The minimum Gasteiger partial charge on any atom is -0.304 e. The summed E-state index contributed by atoms with van der Waals surface area (Å²) in [5, 5.41) is 0.908. The predicted molar refractivity (Wildman–Crippen MR) is 74.9 cm³/mol. The van der Waals surface area contributed by atoms with Crippen LogP contribution in [0.3, 0.4) is 0 Å².